The Morgan fingerprint density at radius 1 is 1.26 bits per heavy atom. The summed E-state index contributed by atoms with van der Waals surface area (Å²) in [6.07, 6.45) is 3.34. The van der Waals surface area contributed by atoms with Crippen molar-refractivity contribution in [1.29, 1.82) is 0 Å². The highest BCUT2D eigenvalue weighted by Crippen LogP contribution is 2.27. The van der Waals surface area contributed by atoms with E-state index < -0.39 is 5.97 Å². The van der Waals surface area contributed by atoms with Crippen molar-refractivity contribution < 1.29 is 19.4 Å². The van der Waals surface area contributed by atoms with E-state index in [0.29, 0.717) is 11.3 Å². The van der Waals surface area contributed by atoms with E-state index in [-0.39, 0.29) is 0 Å². The maximum Gasteiger partial charge on any atom is 0.328 e. The van der Waals surface area contributed by atoms with Crippen LogP contribution in [-0.2, 0) is 4.79 Å². The molecule has 0 saturated heterocycles. The summed E-state index contributed by atoms with van der Waals surface area (Å²) in [6.45, 7) is 0. The molecule has 0 unspecified atom stereocenters. The van der Waals surface area contributed by atoms with E-state index in [1.165, 1.54) is 13.2 Å². The standard InChI is InChI=1S/C15H12O4/c1-19-14-6-4-11-8-10(3-7-15(17)18)2-5-12(11)13(14)9-16/h2-9H,1H3,(H,17,18). The van der Waals surface area contributed by atoms with E-state index >= 15 is 0 Å². The number of carboxylic acids is 1. The molecule has 96 valence electrons. The summed E-state index contributed by atoms with van der Waals surface area (Å²) >= 11 is 0. The average molecular weight is 256 g/mol. The van der Waals surface area contributed by atoms with Crippen LogP contribution in [0, 0.1) is 0 Å². The average Bonchev–Trinajstić information content (AvgIpc) is 2.43. The zero-order chi connectivity index (χ0) is 13.8. The van der Waals surface area contributed by atoms with Gasteiger partial charge in [0.2, 0.25) is 0 Å². The van der Waals surface area contributed by atoms with Gasteiger partial charge in [-0.3, -0.25) is 4.79 Å². The lowest BCUT2D eigenvalue weighted by Crippen LogP contribution is -1.92. The van der Waals surface area contributed by atoms with Crippen LogP contribution in [-0.4, -0.2) is 24.5 Å². The molecule has 2 aromatic rings. The molecular weight excluding hydrogens is 244 g/mol. The number of benzene rings is 2. The number of carbonyl (C=O) groups is 2. The summed E-state index contributed by atoms with van der Waals surface area (Å²) in [5.41, 5.74) is 1.26. The molecule has 0 aliphatic carbocycles. The number of methoxy groups -OCH3 is 1. The van der Waals surface area contributed by atoms with Gasteiger partial charge in [-0.05, 0) is 34.5 Å². The first-order valence-electron chi connectivity index (χ1n) is 5.62. The Kier molecular flexibility index (Phi) is 3.61. The van der Waals surface area contributed by atoms with Crippen molar-refractivity contribution >= 4 is 29.1 Å². The molecule has 0 bridgehead atoms. The Balaban J connectivity index is 2.56. The highest BCUT2D eigenvalue weighted by Gasteiger charge is 2.07. The number of carbonyl (C=O) groups excluding carboxylic acids is 1. The molecule has 0 saturated carbocycles. The first-order chi connectivity index (χ1) is 9.15. The number of hydrogen-bond acceptors (Lipinski definition) is 3. The number of fused-ring (bicyclic) bond motifs is 1. The highest BCUT2D eigenvalue weighted by atomic mass is 16.5. The van der Waals surface area contributed by atoms with E-state index in [1.54, 1.807) is 18.2 Å². The minimum Gasteiger partial charge on any atom is -0.496 e. The fourth-order valence-corrected chi connectivity index (χ4v) is 1.92. The van der Waals surface area contributed by atoms with Crippen LogP contribution in [0.1, 0.15) is 15.9 Å². The topological polar surface area (TPSA) is 63.6 Å². The minimum atomic E-state index is -0.997. The Morgan fingerprint density at radius 3 is 2.68 bits per heavy atom. The summed E-state index contributed by atoms with van der Waals surface area (Å²) in [5, 5.41) is 10.2. The molecule has 2 rings (SSSR count). The van der Waals surface area contributed by atoms with Crippen LogP contribution in [0.25, 0.3) is 16.8 Å². The quantitative estimate of drug-likeness (QED) is 0.674. The molecule has 4 heteroatoms. The van der Waals surface area contributed by atoms with Gasteiger partial charge in [-0.25, -0.2) is 4.79 Å². The van der Waals surface area contributed by atoms with Gasteiger partial charge in [-0.15, -0.1) is 0 Å². The third-order valence-corrected chi connectivity index (χ3v) is 2.80. The van der Waals surface area contributed by atoms with Gasteiger partial charge in [0.1, 0.15) is 5.75 Å². The molecule has 19 heavy (non-hydrogen) atoms. The maximum absolute atomic E-state index is 11.1. The van der Waals surface area contributed by atoms with Crippen LogP contribution >= 0.6 is 0 Å². The Bertz CT molecular complexity index is 671. The van der Waals surface area contributed by atoms with Gasteiger partial charge >= 0.3 is 5.97 Å². The third kappa shape index (κ3) is 2.63. The predicted octanol–water partition coefficient (Wildman–Crippen LogP) is 2.76. The summed E-state index contributed by atoms with van der Waals surface area (Å²) < 4.78 is 5.13. The lowest BCUT2D eigenvalue weighted by atomic mass is 10.0. The van der Waals surface area contributed by atoms with Crippen LogP contribution in [0.4, 0.5) is 0 Å². The summed E-state index contributed by atoms with van der Waals surface area (Å²) in [7, 11) is 1.51. The predicted molar refractivity (Wildman–Crippen MR) is 72.6 cm³/mol. The Hall–Kier alpha value is -2.62. The molecule has 0 radical (unpaired) electrons. The number of rotatable bonds is 4. The zero-order valence-electron chi connectivity index (χ0n) is 10.3. The molecule has 2 aromatic carbocycles. The smallest absolute Gasteiger partial charge is 0.328 e. The molecule has 0 atom stereocenters. The van der Waals surface area contributed by atoms with Crippen LogP contribution in [0.15, 0.2) is 36.4 Å². The molecule has 1 N–H and O–H groups in total. The maximum atomic E-state index is 11.1. The number of ether oxygens (including phenoxy) is 1. The van der Waals surface area contributed by atoms with Gasteiger partial charge in [0, 0.05) is 6.08 Å². The lowest BCUT2D eigenvalue weighted by Gasteiger charge is -2.07. The number of aliphatic carboxylic acids is 1. The summed E-state index contributed by atoms with van der Waals surface area (Å²) in [4.78, 5) is 21.6. The van der Waals surface area contributed by atoms with Gasteiger partial charge in [0.15, 0.2) is 6.29 Å². The fourth-order valence-electron chi connectivity index (χ4n) is 1.92. The van der Waals surface area contributed by atoms with Crippen molar-refractivity contribution in [3.8, 4) is 5.75 Å². The van der Waals surface area contributed by atoms with Crippen molar-refractivity contribution in [2.24, 2.45) is 0 Å². The van der Waals surface area contributed by atoms with Crippen LogP contribution < -0.4 is 4.74 Å². The van der Waals surface area contributed by atoms with E-state index in [4.69, 9.17) is 9.84 Å². The molecule has 0 aliphatic heterocycles. The number of carboxylic acid groups (broad SMARTS) is 1. The number of hydrogen-bond donors (Lipinski definition) is 1. The first-order valence-corrected chi connectivity index (χ1v) is 5.62. The van der Waals surface area contributed by atoms with Crippen molar-refractivity contribution in [2.75, 3.05) is 7.11 Å². The van der Waals surface area contributed by atoms with E-state index in [1.807, 2.05) is 12.1 Å². The van der Waals surface area contributed by atoms with Gasteiger partial charge in [-0.2, -0.15) is 0 Å². The largest absolute Gasteiger partial charge is 0.496 e. The second kappa shape index (κ2) is 5.35. The Labute approximate surface area is 109 Å². The highest BCUT2D eigenvalue weighted by molar-refractivity contribution is 6.01. The van der Waals surface area contributed by atoms with Crippen molar-refractivity contribution in [3.05, 3.63) is 47.5 Å². The van der Waals surface area contributed by atoms with Crippen LogP contribution in [0.5, 0.6) is 5.75 Å². The van der Waals surface area contributed by atoms with Gasteiger partial charge < -0.3 is 9.84 Å². The van der Waals surface area contributed by atoms with Crippen molar-refractivity contribution in [3.63, 3.8) is 0 Å². The normalized spacial score (nSPS) is 10.8. The second-order valence-corrected chi connectivity index (χ2v) is 3.95. The van der Waals surface area contributed by atoms with Gasteiger partial charge in [0.05, 0.1) is 12.7 Å². The number of aldehydes is 1. The molecule has 0 amide bonds. The molecular formula is C15H12O4. The molecule has 0 heterocycles. The molecule has 0 fully saturated rings. The minimum absolute atomic E-state index is 0.494. The summed E-state index contributed by atoms with van der Waals surface area (Å²) in [5.74, 6) is -0.472. The van der Waals surface area contributed by atoms with Crippen molar-refractivity contribution in [2.45, 2.75) is 0 Å². The van der Waals surface area contributed by atoms with Crippen molar-refractivity contribution in [1.82, 2.24) is 0 Å². The van der Waals surface area contributed by atoms with Gasteiger partial charge in [-0.1, -0.05) is 18.2 Å². The monoisotopic (exact) mass is 256 g/mol. The molecule has 4 nitrogen and oxygen atoms in total. The first kappa shape index (κ1) is 12.8. The van der Waals surface area contributed by atoms with Crippen LogP contribution in [0.3, 0.4) is 0 Å². The van der Waals surface area contributed by atoms with Gasteiger partial charge in [0.25, 0.3) is 0 Å². The second-order valence-electron chi connectivity index (χ2n) is 3.95. The molecule has 0 aliphatic rings. The molecule has 0 aromatic heterocycles. The molecule has 0 spiro atoms. The van der Waals surface area contributed by atoms with E-state index in [2.05, 4.69) is 0 Å². The Morgan fingerprint density at radius 2 is 2.05 bits per heavy atom. The summed E-state index contributed by atoms with van der Waals surface area (Å²) in [6, 6.07) is 8.91. The van der Waals surface area contributed by atoms with Crippen LogP contribution in [0.2, 0.25) is 0 Å². The fraction of sp³-hybridized carbons (Fsp3) is 0.0667. The third-order valence-electron chi connectivity index (χ3n) is 2.80. The lowest BCUT2D eigenvalue weighted by molar-refractivity contribution is -0.131. The van der Waals surface area contributed by atoms with E-state index in [9.17, 15) is 9.59 Å². The van der Waals surface area contributed by atoms with E-state index in [0.717, 1.165) is 28.7 Å². The SMILES string of the molecule is COc1ccc2cc(C=CC(=O)O)ccc2c1C=O. The zero-order valence-corrected chi connectivity index (χ0v) is 10.3.